The zero-order chi connectivity index (χ0) is 12.8. The number of hydrogen-bond acceptors (Lipinski definition) is 3. The molecule has 0 aliphatic carbocycles. The Morgan fingerprint density at radius 3 is 2.53 bits per heavy atom. The van der Waals surface area contributed by atoms with E-state index in [2.05, 4.69) is 4.74 Å². The molecule has 0 aliphatic heterocycles. The Kier molecular flexibility index (Phi) is 5.75. The lowest BCUT2D eigenvalue weighted by Gasteiger charge is -2.13. The molecular weight excluding hydrogens is 261 g/mol. The molecule has 0 heterocycles. The minimum absolute atomic E-state index is 0.161. The second-order valence-electron chi connectivity index (χ2n) is 3.78. The van der Waals surface area contributed by atoms with Gasteiger partial charge in [0.25, 0.3) is 0 Å². The lowest BCUT2D eigenvalue weighted by atomic mass is 10.0. The van der Waals surface area contributed by atoms with Crippen molar-refractivity contribution >= 4 is 29.2 Å². The molecular formula is C12H15Cl2NO2. The molecule has 0 fully saturated rings. The summed E-state index contributed by atoms with van der Waals surface area (Å²) in [5, 5.41) is 1.21. The number of ether oxygens (including phenoxy) is 1. The van der Waals surface area contributed by atoms with Gasteiger partial charge in [-0.2, -0.15) is 0 Å². The smallest absolute Gasteiger partial charge is 0.305 e. The zero-order valence-electron chi connectivity index (χ0n) is 9.58. The van der Waals surface area contributed by atoms with Crippen molar-refractivity contribution in [3.05, 3.63) is 33.8 Å². The summed E-state index contributed by atoms with van der Waals surface area (Å²) < 4.78 is 4.55. The summed E-state index contributed by atoms with van der Waals surface area (Å²) in [6.07, 6.45) is 1.41. The van der Waals surface area contributed by atoms with Gasteiger partial charge in [0, 0.05) is 22.5 Å². The third-order valence-corrected chi connectivity index (χ3v) is 3.18. The predicted octanol–water partition coefficient (Wildman–Crippen LogP) is 2.82. The molecule has 0 spiro atoms. The minimum Gasteiger partial charge on any atom is -0.469 e. The summed E-state index contributed by atoms with van der Waals surface area (Å²) in [4.78, 5) is 11.0. The van der Waals surface area contributed by atoms with Crippen molar-refractivity contribution < 1.29 is 9.53 Å². The number of nitrogens with two attached hydrogens (primary N) is 1. The van der Waals surface area contributed by atoms with E-state index in [4.69, 9.17) is 28.9 Å². The maximum Gasteiger partial charge on any atom is 0.305 e. The lowest BCUT2D eigenvalue weighted by Crippen LogP contribution is -2.24. The van der Waals surface area contributed by atoms with E-state index in [1.807, 2.05) is 0 Å². The summed E-state index contributed by atoms with van der Waals surface area (Å²) in [5.74, 6) is -0.259. The van der Waals surface area contributed by atoms with Crippen LogP contribution in [-0.2, 0) is 16.0 Å². The van der Waals surface area contributed by atoms with E-state index in [0.717, 1.165) is 5.56 Å². The van der Waals surface area contributed by atoms with Crippen LogP contribution in [0.25, 0.3) is 0 Å². The van der Waals surface area contributed by atoms with E-state index < -0.39 is 0 Å². The van der Waals surface area contributed by atoms with Gasteiger partial charge in [0.15, 0.2) is 0 Å². The van der Waals surface area contributed by atoms with Gasteiger partial charge < -0.3 is 10.5 Å². The molecule has 0 aromatic heterocycles. The molecule has 1 rings (SSSR count). The number of esters is 1. The first-order valence-electron chi connectivity index (χ1n) is 5.30. The summed E-state index contributed by atoms with van der Waals surface area (Å²) in [5.41, 5.74) is 6.75. The quantitative estimate of drug-likeness (QED) is 0.841. The Morgan fingerprint density at radius 1 is 1.41 bits per heavy atom. The Morgan fingerprint density at radius 2 is 2.00 bits per heavy atom. The summed E-state index contributed by atoms with van der Waals surface area (Å²) >= 11 is 12.1. The molecule has 3 nitrogen and oxygen atoms in total. The van der Waals surface area contributed by atoms with Crippen LogP contribution in [0.4, 0.5) is 0 Å². The SMILES string of the molecule is COC(=O)CCC(N)Cc1c(Cl)cccc1Cl. The number of carbonyl (C=O) groups is 1. The van der Waals surface area contributed by atoms with Crippen LogP contribution in [0.15, 0.2) is 18.2 Å². The van der Waals surface area contributed by atoms with Gasteiger partial charge in [-0.05, 0) is 30.5 Å². The van der Waals surface area contributed by atoms with Gasteiger partial charge in [-0.3, -0.25) is 4.79 Å². The molecule has 0 saturated heterocycles. The number of hydrogen-bond donors (Lipinski definition) is 1. The van der Waals surface area contributed by atoms with Crippen LogP contribution in [0, 0.1) is 0 Å². The fourth-order valence-corrected chi connectivity index (χ4v) is 2.05. The standard InChI is InChI=1S/C12H15Cl2NO2/c1-17-12(16)6-5-8(15)7-9-10(13)3-2-4-11(9)14/h2-4,8H,5-7,15H2,1H3. The van der Waals surface area contributed by atoms with Gasteiger partial charge in [-0.1, -0.05) is 29.3 Å². The third-order valence-electron chi connectivity index (χ3n) is 2.47. The van der Waals surface area contributed by atoms with Gasteiger partial charge in [0.05, 0.1) is 7.11 Å². The summed E-state index contributed by atoms with van der Waals surface area (Å²) in [7, 11) is 1.36. The monoisotopic (exact) mass is 275 g/mol. The fourth-order valence-electron chi connectivity index (χ4n) is 1.50. The van der Waals surface area contributed by atoms with Crippen molar-refractivity contribution in [2.45, 2.75) is 25.3 Å². The average Bonchev–Trinajstić information content (AvgIpc) is 2.31. The molecule has 1 aromatic rings. The Bertz CT molecular complexity index is 376. The Balaban J connectivity index is 2.56. The molecule has 2 N–H and O–H groups in total. The van der Waals surface area contributed by atoms with Crippen LogP contribution < -0.4 is 5.73 Å². The average molecular weight is 276 g/mol. The summed E-state index contributed by atoms with van der Waals surface area (Å²) in [6.45, 7) is 0. The van der Waals surface area contributed by atoms with Crippen LogP contribution >= 0.6 is 23.2 Å². The van der Waals surface area contributed by atoms with Crippen LogP contribution in [0.3, 0.4) is 0 Å². The topological polar surface area (TPSA) is 52.3 Å². The molecule has 0 saturated carbocycles. The molecule has 0 aliphatic rings. The Hall–Kier alpha value is -0.770. The maximum absolute atomic E-state index is 11.0. The van der Waals surface area contributed by atoms with E-state index >= 15 is 0 Å². The minimum atomic E-state index is -0.259. The number of rotatable bonds is 5. The maximum atomic E-state index is 11.0. The fraction of sp³-hybridized carbons (Fsp3) is 0.417. The van der Waals surface area contributed by atoms with Gasteiger partial charge in [-0.25, -0.2) is 0 Å². The normalized spacial score (nSPS) is 12.2. The predicted molar refractivity (Wildman–Crippen MR) is 69.4 cm³/mol. The van der Waals surface area contributed by atoms with Crippen molar-refractivity contribution in [3.63, 3.8) is 0 Å². The lowest BCUT2D eigenvalue weighted by molar-refractivity contribution is -0.140. The van der Waals surface area contributed by atoms with Gasteiger partial charge >= 0.3 is 5.97 Å². The number of benzene rings is 1. The molecule has 0 radical (unpaired) electrons. The molecule has 0 amide bonds. The van der Waals surface area contributed by atoms with E-state index in [-0.39, 0.29) is 12.0 Å². The molecule has 5 heteroatoms. The number of halogens is 2. The highest BCUT2D eigenvalue weighted by Gasteiger charge is 2.12. The number of methoxy groups -OCH3 is 1. The molecule has 1 aromatic carbocycles. The van der Waals surface area contributed by atoms with Gasteiger partial charge in [-0.15, -0.1) is 0 Å². The van der Waals surface area contributed by atoms with Crippen LogP contribution in [0.1, 0.15) is 18.4 Å². The zero-order valence-corrected chi connectivity index (χ0v) is 11.1. The van der Waals surface area contributed by atoms with Crippen molar-refractivity contribution in [1.82, 2.24) is 0 Å². The molecule has 17 heavy (non-hydrogen) atoms. The Labute approximate surface area is 111 Å². The van der Waals surface area contributed by atoms with Crippen LogP contribution in [0.5, 0.6) is 0 Å². The molecule has 0 bridgehead atoms. The van der Waals surface area contributed by atoms with E-state index in [0.29, 0.717) is 29.3 Å². The second-order valence-corrected chi connectivity index (χ2v) is 4.59. The highest BCUT2D eigenvalue weighted by molar-refractivity contribution is 6.35. The molecule has 94 valence electrons. The summed E-state index contributed by atoms with van der Waals surface area (Å²) in [6, 6.07) is 5.17. The third kappa shape index (κ3) is 4.54. The van der Waals surface area contributed by atoms with Crippen molar-refractivity contribution in [1.29, 1.82) is 0 Å². The van der Waals surface area contributed by atoms with E-state index in [1.165, 1.54) is 7.11 Å². The highest BCUT2D eigenvalue weighted by atomic mass is 35.5. The van der Waals surface area contributed by atoms with Crippen LogP contribution in [-0.4, -0.2) is 19.1 Å². The first-order valence-corrected chi connectivity index (χ1v) is 6.05. The molecule has 1 atom stereocenters. The second kappa shape index (κ2) is 6.84. The van der Waals surface area contributed by atoms with E-state index in [1.54, 1.807) is 18.2 Å². The highest BCUT2D eigenvalue weighted by Crippen LogP contribution is 2.25. The number of carbonyl (C=O) groups excluding carboxylic acids is 1. The van der Waals surface area contributed by atoms with Crippen molar-refractivity contribution in [2.24, 2.45) is 5.73 Å². The van der Waals surface area contributed by atoms with Crippen molar-refractivity contribution in [3.8, 4) is 0 Å². The van der Waals surface area contributed by atoms with E-state index in [9.17, 15) is 4.79 Å². The van der Waals surface area contributed by atoms with Gasteiger partial charge in [0.1, 0.15) is 0 Å². The van der Waals surface area contributed by atoms with Gasteiger partial charge in [0.2, 0.25) is 0 Å². The van der Waals surface area contributed by atoms with Crippen LogP contribution in [0.2, 0.25) is 10.0 Å². The van der Waals surface area contributed by atoms with Crippen molar-refractivity contribution in [2.75, 3.05) is 7.11 Å². The first kappa shape index (κ1) is 14.3. The largest absolute Gasteiger partial charge is 0.469 e. The molecule has 1 unspecified atom stereocenters. The first-order chi connectivity index (χ1) is 8.04.